The molecule has 1 saturated heterocycles. The van der Waals surface area contributed by atoms with Crippen molar-refractivity contribution < 1.29 is 9.53 Å². The molecule has 2 aromatic heterocycles. The molecule has 0 atom stereocenters. The molecule has 1 aliphatic heterocycles. The fraction of sp³-hybridized carbons (Fsp3) is 0.370. The van der Waals surface area contributed by atoms with Crippen molar-refractivity contribution in [2.45, 2.75) is 6.92 Å². The number of hydrogen-bond acceptors (Lipinski definition) is 4. The quantitative estimate of drug-likeness (QED) is 0.311. The van der Waals surface area contributed by atoms with Gasteiger partial charge in [0.15, 0.2) is 0 Å². The smallest absolute Gasteiger partial charge is 0.254 e. The first-order valence-corrected chi connectivity index (χ1v) is 12.9. The summed E-state index contributed by atoms with van der Waals surface area (Å²) in [5.74, 6) is -0.0536. The molecule has 35 heavy (non-hydrogen) atoms. The molecule has 1 aliphatic rings. The molecule has 7 nitrogen and oxygen atoms in total. The Balaban J connectivity index is 1.33. The molecule has 0 radical (unpaired) electrons. The van der Waals surface area contributed by atoms with Crippen molar-refractivity contribution in [2.75, 3.05) is 59.5 Å². The minimum Gasteiger partial charge on any atom is -0.383 e. The van der Waals surface area contributed by atoms with Crippen LogP contribution in [0, 0.1) is 6.92 Å². The molecular formula is C27H32BrN5O2. The number of hydrogen-bond donors (Lipinski definition) is 3. The number of piperazine rings is 1. The normalized spacial score (nSPS) is 15.3. The van der Waals surface area contributed by atoms with Crippen LogP contribution in [-0.4, -0.2) is 85.2 Å². The number of aromatic nitrogens is 2. The van der Waals surface area contributed by atoms with Crippen LogP contribution in [0.3, 0.4) is 0 Å². The number of aryl methyl sites for hydroxylation is 1. The number of amides is 1. The van der Waals surface area contributed by atoms with Gasteiger partial charge in [0.2, 0.25) is 0 Å². The number of carbonyl (C=O) groups is 1. The largest absolute Gasteiger partial charge is 0.383 e. The third-order valence-corrected chi connectivity index (χ3v) is 7.32. The second-order valence-corrected chi connectivity index (χ2v) is 10.2. The van der Waals surface area contributed by atoms with Crippen LogP contribution in [0.2, 0.25) is 0 Å². The van der Waals surface area contributed by atoms with Gasteiger partial charge in [0.1, 0.15) is 0 Å². The molecule has 4 aromatic rings. The molecule has 8 heteroatoms. The summed E-state index contributed by atoms with van der Waals surface area (Å²) in [6, 6.07) is 14.4. The van der Waals surface area contributed by atoms with Crippen molar-refractivity contribution in [1.29, 1.82) is 0 Å². The molecule has 3 N–H and O–H groups in total. The number of ether oxygens (including phenoxy) is 1. The molecule has 0 bridgehead atoms. The number of nitrogens with zero attached hydrogens (tertiary/aromatic N) is 2. The molecule has 5 rings (SSSR count). The SMILES string of the molecule is COCCN1CCN(CCNC(=O)c2c(-c3cc4cc(C)ccc4[nH]3)[nH]c3cc(Br)ccc23)CC1. The van der Waals surface area contributed by atoms with Crippen LogP contribution >= 0.6 is 15.9 Å². The van der Waals surface area contributed by atoms with E-state index < -0.39 is 0 Å². The Hall–Kier alpha value is -2.65. The topological polar surface area (TPSA) is 76.4 Å². The van der Waals surface area contributed by atoms with Gasteiger partial charge in [0.25, 0.3) is 5.91 Å². The van der Waals surface area contributed by atoms with E-state index in [1.807, 2.05) is 18.2 Å². The zero-order chi connectivity index (χ0) is 24.4. The lowest BCUT2D eigenvalue weighted by Gasteiger charge is -2.34. The van der Waals surface area contributed by atoms with E-state index in [4.69, 9.17) is 4.74 Å². The molecule has 184 valence electrons. The second-order valence-electron chi connectivity index (χ2n) is 9.27. The first-order chi connectivity index (χ1) is 17.0. The Morgan fingerprint density at radius 3 is 2.54 bits per heavy atom. The monoisotopic (exact) mass is 537 g/mol. The summed E-state index contributed by atoms with van der Waals surface area (Å²) in [6.07, 6.45) is 0. The minimum absolute atomic E-state index is 0.0536. The fourth-order valence-corrected chi connectivity index (χ4v) is 5.23. The number of aromatic amines is 2. The minimum atomic E-state index is -0.0536. The molecule has 1 fully saturated rings. The number of nitrogens with one attached hydrogen (secondary N) is 3. The van der Waals surface area contributed by atoms with Crippen LogP contribution in [0.15, 0.2) is 46.9 Å². The molecule has 0 aliphatic carbocycles. The van der Waals surface area contributed by atoms with E-state index in [0.717, 1.165) is 83.5 Å². The zero-order valence-corrected chi connectivity index (χ0v) is 21.9. The highest BCUT2D eigenvalue weighted by molar-refractivity contribution is 9.10. The summed E-state index contributed by atoms with van der Waals surface area (Å²) in [5.41, 5.74) is 5.61. The third kappa shape index (κ3) is 5.30. The van der Waals surface area contributed by atoms with Crippen LogP contribution in [-0.2, 0) is 4.74 Å². The summed E-state index contributed by atoms with van der Waals surface area (Å²) in [4.78, 5) is 25.3. The number of H-pyrrole nitrogens is 2. The molecule has 3 heterocycles. The van der Waals surface area contributed by atoms with Gasteiger partial charge in [-0.2, -0.15) is 0 Å². The van der Waals surface area contributed by atoms with Gasteiger partial charge in [-0.05, 0) is 37.3 Å². The molecule has 0 spiro atoms. The van der Waals surface area contributed by atoms with Crippen LogP contribution in [0.4, 0.5) is 0 Å². The van der Waals surface area contributed by atoms with E-state index in [0.29, 0.717) is 12.1 Å². The highest BCUT2D eigenvalue weighted by atomic mass is 79.9. The first-order valence-electron chi connectivity index (χ1n) is 12.1. The third-order valence-electron chi connectivity index (χ3n) is 6.82. The Kier molecular flexibility index (Phi) is 7.24. The molecule has 0 saturated carbocycles. The van der Waals surface area contributed by atoms with Gasteiger partial charge in [0, 0.05) is 79.2 Å². The Morgan fingerprint density at radius 2 is 1.77 bits per heavy atom. The maximum absolute atomic E-state index is 13.5. The van der Waals surface area contributed by atoms with Crippen molar-refractivity contribution in [3.63, 3.8) is 0 Å². The number of methoxy groups -OCH3 is 1. The van der Waals surface area contributed by atoms with E-state index in [1.165, 1.54) is 5.56 Å². The van der Waals surface area contributed by atoms with Crippen LogP contribution in [0.1, 0.15) is 15.9 Å². The van der Waals surface area contributed by atoms with Crippen LogP contribution < -0.4 is 5.32 Å². The van der Waals surface area contributed by atoms with Gasteiger partial charge in [-0.25, -0.2) is 0 Å². The Labute approximate surface area is 213 Å². The summed E-state index contributed by atoms with van der Waals surface area (Å²) in [7, 11) is 1.75. The predicted molar refractivity (Wildman–Crippen MR) is 145 cm³/mol. The van der Waals surface area contributed by atoms with Gasteiger partial charge < -0.3 is 20.0 Å². The number of halogens is 1. The fourth-order valence-electron chi connectivity index (χ4n) is 4.87. The van der Waals surface area contributed by atoms with E-state index in [9.17, 15) is 4.79 Å². The maximum Gasteiger partial charge on any atom is 0.254 e. The standard InChI is InChI=1S/C27H32BrN5O2/c1-18-3-6-22-19(15-18)16-24(30-22)26-25(21-5-4-20(28)17-23(21)31-26)27(34)29-7-8-32-9-11-33(12-10-32)13-14-35-2/h3-6,15-17,30-31H,7-14H2,1-2H3,(H,29,34). The van der Waals surface area contributed by atoms with Gasteiger partial charge in [0.05, 0.1) is 23.6 Å². The summed E-state index contributed by atoms with van der Waals surface area (Å²) in [5, 5.41) is 5.23. The van der Waals surface area contributed by atoms with Crippen LogP contribution in [0.25, 0.3) is 33.2 Å². The van der Waals surface area contributed by atoms with Crippen LogP contribution in [0.5, 0.6) is 0 Å². The summed E-state index contributed by atoms with van der Waals surface area (Å²) in [6.45, 7) is 9.41. The van der Waals surface area contributed by atoms with E-state index >= 15 is 0 Å². The van der Waals surface area contributed by atoms with Crippen molar-refractivity contribution in [1.82, 2.24) is 25.1 Å². The highest BCUT2D eigenvalue weighted by Gasteiger charge is 2.22. The number of carbonyl (C=O) groups excluding carboxylic acids is 1. The lowest BCUT2D eigenvalue weighted by Crippen LogP contribution is -2.49. The van der Waals surface area contributed by atoms with E-state index in [2.05, 4.69) is 72.2 Å². The van der Waals surface area contributed by atoms with Gasteiger partial charge in [-0.3, -0.25) is 14.6 Å². The van der Waals surface area contributed by atoms with Crippen molar-refractivity contribution in [3.05, 3.63) is 58.1 Å². The average Bonchev–Trinajstić information content (AvgIpc) is 3.44. The van der Waals surface area contributed by atoms with Crippen molar-refractivity contribution in [2.24, 2.45) is 0 Å². The molecular weight excluding hydrogens is 506 g/mol. The average molecular weight is 538 g/mol. The Morgan fingerprint density at radius 1 is 1.00 bits per heavy atom. The van der Waals surface area contributed by atoms with E-state index in [-0.39, 0.29) is 5.91 Å². The van der Waals surface area contributed by atoms with Gasteiger partial charge in [-0.1, -0.05) is 33.6 Å². The summed E-state index contributed by atoms with van der Waals surface area (Å²) >= 11 is 3.56. The Bertz CT molecular complexity index is 1340. The van der Waals surface area contributed by atoms with Crippen molar-refractivity contribution >= 4 is 43.6 Å². The lowest BCUT2D eigenvalue weighted by molar-refractivity contribution is 0.0901. The molecule has 2 aromatic carbocycles. The number of rotatable bonds is 8. The highest BCUT2D eigenvalue weighted by Crippen LogP contribution is 2.33. The molecule has 0 unspecified atom stereocenters. The first kappa shape index (κ1) is 24.1. The van der Waals surface area contributed by atoms with Crippen molar-refractivity contribution in [3.8, 4) is 11.4 Å². The van der Waals surface area contributed by atoms with Gasteiger partial charge in [-0.15, -0.1) is 0 Å². The molecule has 1 amide bonds. The van der Waals surface area contributed by atoms with Gasteiger partial charge >= 0.3 is 0 Å². The van der Waals surface area contributed by atoms with E-state index in [1.54, 1.807) is 7.11 Å². The number of benzene rings is 2. The predicted octanol–water partition coefficient (Wildman–Crippen LogP) is 4.38. The lowest BCUT2D eigenvalue weighted by atomic mass is 10.1. The maximum atomic E-state index is 13.5. The summed E-state index contributed by atoms with van der Waals surface area (Å²) < 4.78 is 6.16. The zero-order valence-electron chi connectivity index (χ0n) is 20.3. The number of fused-ring (bicyclic) bond motifs is 2. The second kappa shape index (κ2) is 10.5.